The van der Waals surface area contributed by atoms with E-state index in [-0.39, 0.29) is 6.61 Å². The molecule has 0 atom stereocenters. The Labute approximate surface area is 214 Å². The maximum atomic E-state index is 12.0. The number of nitrogens with one attached hydrogen (secondary N) is 2. The lowest BCUT2D eigenvalue weighted by atomic mass is 10.1. The van der Waals surface area contributed by atoms with Crippen molar-refractivity contribution in [2.45, 2.75) is 20.0 Å². The summed E-state index contributed by atoms with van der Waals surface area (Å²) in [6.45, 7) is 2.85. The number of amides is 2. The van der Waals surface area contributed by atoms with Crippen molar-refractivity contribution >= 4 is 41.2 Å². The molecular weight excluding hydrogens is 489 g/mol. The number of nitrogens with zero attached hydrogens (tertiary/aromatic N) is 1. The number of halogens is 2. The zero-order chi connectivity index (χ0) is 25.0. The van der Waals surface area contributed by atoms with E-state index in [4.69, 9.17) is 32.7 Å². The van der Waals surface area contributed by atoms with Crippen LogP contribution in [-0.2, 0) is 22.6 Å². The van der Waals surface area contributed by atoms with E-state index in [2.05, 4.69) is 15.8 Å². The minimum atomic E-state index is -0.867. The minimum absolute atomic E-state index is 0.278. The maximum absolute atomic E-state index is 12.0. The van der Waals surface area contributed by atoms with Gasteiger partial charge in [0.1, 0.15) is 6.61 Å². The van der Waals surface area contributed by atoms with Crippen LogP contribution in [0.2, 0.25) is 10.0 Å². The fourth-order valence-electron chi connectivity index (χ4n) is 3.06. The molecule has 35 heavy (non-hydrogen) atoms. The zero-order valence-corrected chi connectivity index (χ0v) is 20.6. The highest BCUT2D eigenvalue weighted by Crippen LogP contribution is 2.37. The average molecular weight is 514 g/mol. The van der Waals surface area contributed by atoms with Crippen LogP contribution in [0.5, 0.6) is 11.5 Å². The van der Waals surface area contributed by atoms with Gasteiger partial charge in [0.15, 0.2) is 11.5 Å². The molecule has 2 N–H and O–H groups in total. The second kappa shape index (κ2) is 13.4. The van der Waals surface area contributed by atoms with E-state index in [1.807, 2.05) is 49.4 Å². The number of hydrazone groups is 1. The van der Waals surface area contributed by atoms with Crippen molar-refractivity contribution in [3.05, 3.63) is 93.5 Å². The van der Waals surface area contributed by atoms with Crippen LogP contribution in [-0.4, -0.2) is 31.2 Å². The summed E-state index contributed by atoms with van der Waals surface area (Å²) in [5.41, 5.74) is 4.75. The molecule has 2 amide bonds. The smallest absolute Gasteiger partial charge is 0.329 e. The third kappa shape index (κ3) is 8.31. The van der Waals surface area contributed by atoms with Crippen molar-refractivity contribution in [3.8, 4) is 11.5 Å². The Bertz CT molecular complexity index is 1170. The van der Waals surface area contributed by atoms with Crippen molar-refractivity contribution < 1.29 is 19.1 Å². The largest absolute Gasteiger partial charge is 0.490 e. The summed E-state index contributed by atoms with van der Waals surface area (Å²) in [5.74, 6) is -0.812. The van der Waals surface area contributed by atoms with Crippen LogP contribution < -0.4 is 20.2 Å². The van der Waals surface area contributed by atoms with Crippen LogP contribution in [0.1, 0.15) is 23.6 Å². The molecule has 0 aliphatic rings. The highest BCUT2D eigenvalue weighted by Gasteiger charge is 2.14. The Balaban J connectivity index is 1.56. The maximum Gasteiger partial charge on any atom is 0.329 e. The number of hydrogen-bond acceptors (Lipinski definition) is 5. The van der Waals surface area contributed by atoms with Crippen molar-refractivity contribution in [1.29, 1.82) is 0 Å². The molecule has 3 rings (SSSR count). The summed E-state index contributed by atoms with van der Waals surface area (Å²) in [6, 6.07) is 20.2. The fourth-order valence-corrected chi connectivity index (χ4v) is 3.46. The van der Waals surface area contributed by atoms with Gasteiger partial charge in [0.2, 0.25) is 0 Å². The molecule has 0 saturated carbocycles. The quantitative estimate of drug-likeness (QED) is 0.232. The summed E-state index contributed by atoms with van der Waals surface area (Å²) >= 11 is 12.3. The summed E-state index contributed by atoms with van der Waals surface area (Å²) in [6.07, 6.45) is 1.99. The molecule has 0 unspecified atom stereocenters. The van der Waals surface area contributed by atoms with E-state index in [1.54, 1.807) is 24.3 Å². The molecule has 0 aliphatic carbocycles. The fraction of sp³-hybridized carbons (Fsp3) is 0.192. The Kier molecular flexibility index (Phi) is 9.95. The average Bonchev–Trinajstić information content (AvgIpc) is 2.85. The first-order valence-electron chi connectivity index (χ1n) is 10.9. The van der Waals surface area contributed by atoms with Gasteiger partial charge in [0.05, 0.1) is 17.8 Å². The van der Waals surface area contributed by atoms with E-state index in [1.165, 1.54) is 6.21 Å². The normalized spacial score (nSPS) is 10.7. The molecule has 0 aromatic heterocycles. The highest BCUT2D eigenvalue weighted by molar-refractivity contribution is 6.35. The van der Waals surface area contributed by atoms with Crippen LogP contribution >= 0.6 is 23.2 Å². The van der Waals surface area contributed by atoms with Crippen LogP contribution in [0.3, 0.4) is 0 Å². The molecule has 0 bridgehead atoms. The number of hydrogen-bond donors (Lipinski definition) is 2. The van der Waals surface area contributed by atoms with Crippen LogP contribution in [0, 0.1) is 0 Å². The second-order valence-corrected chi connectivity index (χ2v) is 8.21. The lowest BCUT2D eigenvalue weighted by molar-refractivity contribution is -0.139. The van der Waals surface area contributed by atoms with E-state index >= 15 is 0 Å². The van der Waals surface area contributed by atoms with Gasteiger partial charge in [-0.05, 0) is 54.3 Å². The highest BCUT2D eigenvalue weighted by atomic mass is 35.5. The molecule has 9 heteroatoms. The molecule has 7 nitrogen and oxygen atoms in total. The summed E-state index contributed by atoms with van der Waals surface area (Å²) in [4.78, 5) is 24.0. The molecule has 0 fully saturated rings. The lowest BCUT2D eigenvalue weighted by Crippen LogP contribution is -2.38. The molecule has 3 aromatic carbocycles. The molecule has 0 heterocycles. The van der Waals surface area contributed by atoms with Gasteiger partial charge in [-0.2, -0.15) is 5.10 Å². The first-order valence-corrected chi connectivity index (χ1v) is 11.7. The van der Waals surface area contributed by atoms with Gasteiger partial charge < -0.3 is 14.8 Å². The lowest BCUT2D eigenvalue weighted by Gasteiger charge is -2.14. The second-order valence-electron chi connectivity index (χ2n) is 7.37. The molecule has 0 radical (unpaired) electrons. The van der Waals surface area contributed by atoms with Crippen molar-refractivity contribution in [2.75, 3.05) is 13.2 Å². The monoisotopic (exact) mass is 513 g/mol. The van der Waals surface area contributed by atoms with Gasteiger partial charge in [-0.25, -0.2) is 5.43 Å². The van der Waals surface area contributed by atoms with E-state index in [9.17, 15) is 9.59 Å². The Morgan fingerprint density at radius 1 is 0.943 bits per heavy atom. The van der Waals surface area contributed by atoms with E-state index in [0.29, 0.717) is 46.7 Å². The number of carbonyl (C=O) groups is 2. The van der Waals surface area contributed by atoms with Crippen molar-refractivity contribution in [1.82, 2.24) is 10.7 Å². The zero-order valence-electron chi connectivity index (χ0n) is 19.1. The Hall–Kier alpha value is -3.55. The number of benzene rings is 3. The predicted octanol–water partition coefficient (Wildman–Crippen LogP) is 4.78. The summed E-state index contributed by atoms with van der Waals surface area (Å²) in [5, 5.41) is 7.37. The summed E-state index contributed by atoms with van der Waals surface area (Å²) in [7, 11) is 0. The SMILES string of the molecule is CCOc1cc(/C=N\NC(=O)C(=O)NCCc2ccccc2)cc(Cl)c1OCc1ccc(Cl)cc1. The number of carbonyl (C=O) groups excluding carboxylic acids is 2. The predicted molar refractivity (Wildman–Crippen MR) is 137 cm³/mol. The topological polar surface area (TPSA) is 89.0 Å². The molecule has 182 valence electrons. The van der Waals surface area contributed by atoms with Gasteiger partial charge in [0.25, 0.3) is 0 Å². The molecule has 0 spiro atoms. The molecule has 0 saturated heterocycles. The standard InChI is InChI=1S/C26H25Cl2N3O4/c1-2-34-23-15-20(14-22(28)24(23)35-17-19-8-10-21(27)11-9-19)16-30-31-26(33)25(32)29-13-12-18-6-4-3-5-7-18/h3-11,14-16H,2,12-13,17H2,1H3,(H,29,32)(H,31,33)/b30-16-. The van der Waals surface area contributed by atoms with Crippen LogP contribution in [0.4, 0.5) is 0 Å². The van der Waals surface area contributed by atoms with Crippen LogP contribution in [0.15, 0.2) is 71.8 Å². The molecule has 3 aromatic rings. The Morgan fingerprint density at radius 2 is 1.69 bits per heavy atom. The van der Waals surface area contributed by atoms with Gasteiger partial charge in [-0.1, -0.05) is 65.7 Å². The van der Waals surface area contributed by atoms with Gasteiger partial charge >= 0.3 is 11.8 Å². The van der Waals surface area contributed by atoms with Gasteiger partial charge in [-0.3, -0.25) is 9.59 Å². The van der Waals surface area contributed by atoms with Gasteiger partial charge in [-0.15, -0.1) is 0 Å². The van der Waals surface area contributed by atoms with Crippen molar-refractivity contribution in [2.24, 2.45) is 5.10 Å². The molecular formula is C26H25Cl2N3O4. The van der Waals surface area contributed by atoms with Crippen molar-refractivity contribution in [3.63, 3.8) is 0 Å². The first-order chi connectivity index (χ1) is 17.0. The first kappa shape index (κ1) is 26.1. The van der Waals surface area contributed by atoms with Gasteiger partial charge in [0, 0.05) is 11.6 Å². The third-order valence-corrected chi connectivity index (χ3v) is 5.29. The number of rotatable bonds is 10. The van der Waals surface area contributed by atoms with E-state index in [0.717, 1.165) is 11.1 Å². The molecule has 0 aliphatic heterocycles. The summed E-state index contributed by atoms with van der Waals surface area (Å²) < 4.78 is 11.5. The minimum Gasteiger partial charge on any atom is -0.490 e. The third-order valence-electron chi connectivity index (χ3n) is 4.76. The number of ether oxygens (including phenoxy) is 2. The van der Waals surface area contributed by atoms with Crippen LogP contribution in [0.25, 0.3) is 0 Å². The van der Waals surface area contributed by atoms with E-state index < -0.39 is 11.8 Å². The Morgan fingerprint density at radius 3 is 2.40 bits per heavy atom.